The van der Waals surface area contributed by atoms with Crippen molar-refractivity contribution in [1.29, 1.82) is 0 Å². The standard InChI is InChI=1S/C25H35N5O2/c1-6-26-25(27-17-19-9-13-21(14-10-19)23(31)29(4)5)28-18-20-11-15-22(16-12-20)24(32)30(7-2)8-3/h9-16H,6-8,17-18H2,1-5H3,(H2,26,27,28). The van der Waals surface area contributed by atoms with Gasteiger partial charge in [-0.2, -0.15) is 0 Å². The SMILES string of the molecule is CCNC(=NCc1ccc(C(=O)N(CC)CC)cc1)NCc1ccc(C(=O)N(C)C)cc1. The van der Waals surface area contributed by atoms with E-state index in [4.69, 9.17) is 0 Å². The Hall–Kier alpha value is -3.35. The van der Waals surface area contributed by atoms with Crippen LogP contribution < -0.4 is 10.6 Å². The van der Waals surface area contributed by atoms with Crippen molar-refractivity contribution in [2.45, 2.75) is 33.9 Å². The minimum Gasteiger partial charge on any atom is -0.357 e. The number of nitrogens with one attached hydrogen (secondary N) is 2. The van der Waals surface area contributed by atoms with E-state index < -0.39 is 0 Å². The molecule has 32 heavy (non-hydrogen) atoms. The Balaban J connectivity index is 1.98. The highest BCUT2D eigenvalue weighted by atomic mass is 16.2. The summed E-state index contributed by atoms with van der Waals surface area (Å²) in [5.74, 6) is 0.756. The Morgan fingerprint density at radius 1 is 0.781 bits per heavy atom. The van der Waals surface area contributed by atoms with Gasteiger partial charge in [-0.15, -0.1) is 0 Å². The second-order valence-electron chi connectivity index (χ2n) is 7.62. The van der Waals surface area contributed by atoms with Gasteiger partial charge in [0, 0.05) is 51.4 Å². The summed E-state index contributed by atoms with van der Waals surface area (Å²) in [5.41, 5.74) is 3.46. The summed E-state index contributed by atoms with van der Waals surface area (Å²) in [6.07, 6.45) is 0. The van der Waals surface area contributed by atoms with Crippen LogP contribution in [0.15, 0.2) is 53.5 Å². The Labute approximate surface area is 191 Å². The van der Waals surface area contributed by atoms with Crippen molar-refractivity contribution in [3.63, 3.8) is 0 Å². The van der Waals surface area contributed by atoms with E-state index >= 15 is 0 Å². The maximum absolute atomic E-state index is 12.4. The van der Waals surface area contributed by atoms with Crippen LogP contribution in [-0.2, 0) is 13.1 Å². The summed E-state index contributed by atoms with van der Waals surface area (Å²) in [5, 5.41) is 6.57. The van der Waals surface area contributed by atoms with Crippen LogP contribution in [0, 0.1) is 0 Å². The van der Waals surface area contributed by atoms with E-state index in [-0.39, 0.29) is 11.8 Å². The number of guanidine groups is 1. The molecule has 0 unspecified atom stereocenters. The van der Waals surface area contributed by atoms with Gasteiger partial charge < -0.3 is 20.4 Å². The van der Waals surface area contributed by atoms with E-state index in [1.165, 1.54) is 0 Å². The third-order valence-corrected chi connectivity index (χ3v) is 5.08. The van der Waals surface area contributed by atoms with Crippen LogP contribution in [0.5, 0.6) is 0 Å². The van der Waals surface area contributed by atoms with Crippen molar-refractivity contribution in [2.24, 2.45) is 4.99 Å². The first-order valence-electron chi connectivity index (χ1n) is 11.1. The molecule has 0 heterocycles. The largest absolute Gasteiger partial charge is 0.357 e. The first kappa shape index (κ1) is 24.9. The molecular formula is C25H35N5O2. The fourth-order valence-electron chi connectivity index (χ4n) is 3.17. The van der Waals surface area contributed by atoms with Crippen LogP contribution in [0.3, 0.4) is 0 Å². The molecule has 7 heteroatoms. The van der Waals surface area contributed by atoms with Crippen LogP contribution in [0.1, 0.15) is 52.6 Å². The lowest BCUT2D eigenvalue weighted by Crippen LogP contribution is -2.36. The molecule has 172 valence electrons. The summed E-state index contributed by atoms with van der Waals surface area (Å²) >= 11 is 0. The number of benzene rings is 2. The molecule has 0 bridgehead atoms. The molecule has 0 aromatic heterocycles. The smallest absolute Gasteiger partial charge is 0.253 e. The predicted molar refractivity (Wildman–Crippen MR) is 130 cm³/mol. The number of aliphatic imine (C=N–C) groups is 1. The van der Waals surface area contributed by atoms with Crippen molar-refractivity contribution in [2.75, 3.05) is 33.7 Å². The molecule has 0 saturated heterocycles. The van der Waals surface area contributed by atoms with E-state index in [9.17, 15) is 9.59 Å². The van der Waals surface area contributed by atoms with Gasteiger partial charge in [0.05, 0.1) is 6.54 Å². The maximum Gasteiger partial charge on any atom is 0.253 e. The molecule has 2 rings (SSSR count). The van der Waals surface area contributed by atoms with Gasteiger partial charge in [-0.1, -0.05) is 24.3 Å². The number of nitrogens with zero attached hydrogens (tertiary/aromatic N) is 3. The first-order chi connectivity index (χ1) is 15.4. The first-order valence-corrected chi connectivity index (χ1v) is 11.1. The Kier molecular flexibility index (Phi) is 9.73. The summed E-state index contributed by atoms with van der Waals surface area (Å²) < 4.78 is 0. The van der Waals surface area contributed by atoms with Crippen molar-refractivity contribution >= 4 is 17.8 Å². The van der Waals surface area contributed by atoms with Crippen molar-refractivity contribution in [1.82, 2.24) is 20.4 Å². The molecule has 2 amide bonds. The average molecular weight is 438 g/mol. The zero-order chi connectivity index (χ0) is 23.5. The van der Waals surface area contributed by atoms with Gasteiger partial charge in [-0.25, -0.2) is 4.99 Å². The lowest BCUT2D eigenvalue weighted by atomic mass is 10.1. The molecule has 0 atom stereocenters. The molecule has 0 saturated carbocycles. The lowest BCUT2D eigenvalue weighted by Gasteiger charge is -2.18. The van der Waals surface area contributed by atoms with Crippen LogP contribution >= 0.6 is 0 Å². The lowest BCUT2D eigenvalue weighted by molar-refractivity contribution is 0.0772. The van der Waals surface area contributed by atoms with Gasteiger partial charge in [0.1, 0.15) is 0 Å². The number of hydrogen-bond donors (Lipinski definition) is 2. The third kappa shape index (κ3) is 7.11. The molecule has 0 spiro atoms. The molecule has 2 aromatic carbocycles. The van der Waals surface area contributed by atoms with E-state index in [0.29, 0.717) is 43.3 Å². The number of rotatable bonds is 9. The highest BCUT2D eigenvalue weighted by molar-refractivity contribution is 5.94. The molecule has 0 radical (unpaired) electrons. The minimum absolute atomic E-state index is 0.00998. The van der Waals surface area contributed by atoms with Crippen molar-refractivity contribution < 1.29 is 9.59 Å². The topological polar surface area (TPSA) is 77.0 Å². The van der Waals surface area contributed by atoms with Crippen LogP contribution in [0.2, 0.25) is 0 Å². The number of carbonyl (C=O) groups excluding carboxylic acids is 2. The van der Waals surface area contributed by atoms with E-state index in [1.807, 2.05) is 74.2 Å². The van der Waals surface area contributed by atoms with Gasteiger partial charge in [-0.05, 0) is 56.2 Å². The molecular weight excluding hydrogens is 402 g/mol. The van der Waals surface area contributed by atoms with Crippen LogP contribution in [-0.4, -0.2) is 61.3 Å². The fourth-order valence-corrected chi connectivity index (χ4v) is 3.17. The number of hydrogen-bond acceptors (Lipinski definition) is 3. The summed E-state index contributed by atoms with van der Waals surface area (Å²) in [6.45, 7) is 9.24. The molecule has 0 fully saturated rings. The summed E-state index contributed by atoms with van der Waals surface area (Å²) in [6, 6.07) is 15.2. The third-order valence-electron chi connectivity index (χ3n) is 5.08. The molecule has 7 nitrogen and oxygen atoms in total. The molecule has 0 aliphatic carbocycles. The molecule has 0 aliphatic heterocycles. The molecule has 2 aromatic rings. The summed E-state index contributed by atoms with van der Waals surface area (Å²) in [7, 11) is 3.49. The Bertz CT molecular complexity index is 901. The Morgan fingerprint density at radius 2 is 1.31 bits per heavy atom. The van der Waals surface area contributed by atoms with Gasteiger partial charge in [-0.3, -0.25) is 9.59 Å². The maximum atomic E-state index is 12.4. The second-order valence-corrected chi connectivity index (χ2v) is 7.62. The molecule has 2 N–H and O–H groups in total. The van der Waals surface area contributed by atoms with Crippen molar-refractivity contribution in [3.8, 4) is 0 Å². The number of carbonyl (C=O) groups is 2. The van der Waals surface area contributed by atoms with E-state index in [2.05, 4.69) is 15.6 Å². The summed E-state index contributed by atoms with van der Waals surface area (Å²) in [4.78, 5) is 32.5. The van der Waals surface area contributed by atoms with Crippen LogP contribution in [0.4, 0.5) is 0 Å². The zero-order valence-corrected chi connectivity index (χ0v) is 19.8. The van der Waals surface area contributed by atoms with Crippen molar-refractivity contribution in [3.05, 3.63) is 70.8 Å². The highest BCUT2D eigenvalue weighted by Crippen LogP contribution is 2.09. The minimum atomic E-state index is -0.00998. The fraction of sp³-hybridized carbons (Fsp3) is 0.400. The van der Waals surface area contributed by atoms with Gasteiger partial charge in [0.25, 0.3) is 11.8 Å². The number of amides is 2. The van der Waals surface area contributed by atoms with Gasteiger partial charge in [0.15, 0.2) is 5.96 Å². The monoisotopic (exact) mass is 437 g/mol. The molecule has 0 aliphatic rings. The Morgan fingerprint density at radius 3 is 1.81 bits per heavy atom. The average Bonchev–Trinajstić information content (AvgIpc) is 2.81. The normalized spacial score (nSPS) is 11.1. The van der Waals surface area contributed by atoms with Gasteiger partial charge >= 0.3 is 0 Å². The van der Waals surface area contributed by atoms with Gasteiger partial charge in [0.2, 0.25) is 0 Å². The van der Waals surface area contributed by atoms with E-state index in [1.54, 1.807) is 19.0 Å². The quantitative estimate of drug-likeness (QED) is 0.467. The van der Waals surface area contributed by atoms with Crippen LogP contribution in [0.25, 0.3) is 0 Å². The second kappa shape index (κ2) is 12.5. The van der Waals surface area contributed by atoms with E-state index in [0.717, 1.165) is 17.7 Å². The highest BCUT2D eigenvalue weighted by Gasteiger charge is 2.12. The zero-order valence-electron chi connectivity index (χ0n) is 19.8. The predicted octanol–water partition coefficient (Wildman–Crippen LogP) is 3.13.